The third-order valence-corrected chi connectivity index (χ3v) is 3.75. The van der Waals surface area contributed by atoms with Crippen molar-refractivity contribution in [2.45, 2.75) is 13.5 Å². The van der Waals surface area contributed by atoms with Crippen LogP contribution in [0.2, 0.25) is 0 Å². The van der Waals surface area contributed by atoms with E-state index in [1.165, 1.54) is 11.3 Å². The average molecular weight is 275 g/mol. The standard InChI is InChI=1S/C18H17N3/c1-14-5-2-3-7-17(14)20-10-12-21-11-9-16-15(13-19)6-4-8-18(16)21/h2-9,11,20H,10,12H2,1H3. The Kier molecular flexibility index (Phi) is 3.61. The van der Waals surface area contributed by atoms with E-state index in [0.717, 1.165) is 29.6 Å². The SMILES string of the molecule is Cc1ccccc1NCCn1ccc2c(C#N)cccc21. The molecular formula is C18H17N3. The van der Waals surface area contributed by atoms with Crippen LogP contribution in [0.1, 0.15) is 11.1 Å². The quantitative estimate of drug-likeness (QED) is 0.783. The Morgan fingerprint density at radius 1 is 1.10 bits per heavy atom. The molecule has 0 saturated heterocycles. The first kappa shape index (κ1) is 13.3. The fourth-order valence-electron chi connectivity index (χ4n) is 2.60. The van der Waals surface area contributed by atoms with Crippen molar-refractivity contribution in [1.82, 2.24) is 4.57 Å². The lowest BCUT2D eigenvalue weighted by molar-refractivity contribution is 0.757. The Morgan fingerprint density at radius 3 is 2.76 bits per heavy atom. The van der Waals surface area contributed by atoms with Crippen molar-refractivity contribution in [2.75, 3.05) is 11.9 Å². The summed E-state index contributed by atoms with van der Waals surface area (Å²) >= 11 is 0. The highest BCUT2D eigenvalue weighted by molar-refractivity contribution is 5.85. The second kappa shape index (κ2) is 5.72. The molecule has 0 radical (unpaired) electrons. The Bertz CT molecular complexity index is 809. The number of aromatic nitrogens is 1. The molecule has 0 unspecified atom stereocenters. The summed E-state index contributed by atoms with van der Waals surface area (Å²) in [6, 6.07) is 18.4. The van der Waals surface area contributed by atoms with Gasteiger partial charge in [0.15, 0.2) is 0 Å². The van der Waals surface area contributed by atoms with Crippen molar-refractivity contribution in [3.63, 3.8) is 0 Å². The number of nitrogens with zero attached hydrogens (tertiary/aromatic N) is 2. The molecule has 0 fully saturated rings. The van der Waals surface area contributed by atoms with E-state index in [4.69, 9.17) is 5.26 Å². The highest BCUT2D eigenvalue weighted by atomic mass is 15.0. The first-order valence-electron chi connectivity index (χ1n) is 7.07. The Balaban J connectivity index is 1.75. The van der Waals surface area contributed by atoms with Gasteiger partial charge in [-0.3, -0.25) is 0 Å². The third-order valence-electron chi connectivity index (χ3n) is 3.75. The van der Waals surface area contributed by atoms with Crippen molar-refractivity contribution in [3.05, 3.63) is 65.9 Å². The van der Waals surface area contributed by atoms with E-state index < -0.39 is 0 Å². The first-order valence-corrected chi connectivity index (χ1v) is 7.07. The molecule has 0 atom stereocenters. The van der Waals surface area contributed by atoms with Gasteiger partial charge in [-0.05, 0) is 36.8 Å². The van der Waals surface area contributed by atoms with E-state index in [1.54, 1.807) is 0 Å². The number of rotatable bonds is 4. The van der Waals surface area contributed by atoms with Crippen molar-refractivity contribution < 1.29 is 0 Å². The van der Waals surface area contributed by atoms with Crippen molar-refractivity contribution in [1.29, 1.82) is 5.26 Å². The molecule has 3 heteroatoms. The first-order chi connectivity index (χ1) is 10.3. The minimum absolute atomic E-state index is 0.734. The number of benzene rings is 2. The molecule has 1 N–H and O–H groups in total. The van der Waals surface area contributed by atoms with Gasteiger partial charge in [0.05, 0.1) is 11.6 Å². The summed E-state index contributed by atoms with van der Waals surface area (Å²) in [6.07, 6.45) is 2.05. The van der Waals surface area contributed by atoms with Crippen LogP contribution in [-0.4, -0.2) is 11.1 Å². The van der Waals surface area contributed by atoms with Crippen molar-refractivity contribution in [3.8, 4) is 6.07 Å². The highest BCUT2D eigenvalue weighted by Crippen LogP contribution is 2.20. The molecule has 0 aliphatic heterocycles. The average Bonchev–Trinajstić information content (AvgIpc) is 2.92. The van der Waals surface area contributed by atoms with E-state index in [2.05, 4.69) is 41.1 Å². The van der Waals surface area contributed by atoms with Gasteiger partial charge in [0.2, 0.25) is 0 Å². The van der Waals surface area contributed by atoms with Gasteiger partial charge < -0.3 is 9.88 Å². The van der Waals surface area contributed by atoms with Crippen molar-refractivity contribution >= 4 is 16.6 Å². The lowest BCUT2D eigenvalue weighted by Gasteiger charge is -2.10. The molecule has 1 heterocycles. The normalized spacial score (nSPS) is 10.5. The highest BCUT2D eigenvalue weighted by Gasteiger charge is 2.04. The fourth-order valence-corrected chi connectivity index (χ4v) is 2.60. The van der Waals surface area contributed by atoms with Gasteiger partial charge >= 0.3 is 0 Å². The van der Waals surface area contributed by atoms with Crippen LogP contribution in [0.4, 0.5) is 5.69 Å². The maximum atomic E-state index is 9.13. The zero-order valence-electron chi connectivity index (χ0n) is 12.0. The predicted octanol–water partition coefficient (Wildman–Crippen LogP) is 3.93. The van der Waals surface area contributed by atoms with Crippen LogP contribution in [-0.2, 0) is 6.54 Å². The van der Waals surface area contributed by atoms with E-state index in [9.17, 15) is 0 Å². The van der Waals surface area contributed by atoms with Crippen LogP contribution < -0.4 is 5.32 Å². The number of nitrogens with one attached hydrogen (secondary N) is 1. The Labute approximate surface area is 124 Å². The lowest BCUT2D eigenvalue weighted by Crippen LogP contribution is -2.10. The van der Waals surface area contributed by atoms with Crippen LogP contribution in [0.3, 0.4) is 0 Å². The molecule has 0 aliphatic carbocycles. The van der Waals surface area contributed by atoms with Gasteiger partial charge in [0.1, 0.15) is 0 Å². The number of anilines is 1. The van der Waals surface area contributed by atoms with E-state index in [1.807, 2.05) is 36.5 Å². The van der Waals surface area contributed by atoms with Crippen LogP contribution in [0.25, 0.3) is 10.9 Å². The summed E-state index contributed by atoms with van der Waals surface area (Å²) < 4.78 is 2.18. The summed E-state index contributed by atoms with van der Waals surface area (Å²) in [7, 11) is 0. The Morgan fingerprint density at radius 2 is 1.95 bits per heavy atom. The van der Waals surface area contributed by atoms with Crippen LogP contribution >= 0.6 is 0 Å². The van der Waals surface area contributed by atoms with E-state index in [-0.39, 0.29) is 0 Å². The van der Waals surface area contributed by atoms with Gasteiger partial charge in [-0.15, -0.1) is 0 Å². The molecule has 104 valence electrons. The van der Waals surface area contributed by atoms with Crippen LogP contribution in [0.5, 0.6) is 0 Å². The monoisotopic (exact) mass is 275 g/mol. The maximum absolute atomic E-state index is 9.13. The molecule has 0 aliphatic rings. The Hall–Kier alpha value is -2.73. The molecule has 0 spiro atoms. The maximum Gasteiger partial charge on any atom is 0.0998 e. The van der Waals surface area contributed by atoms with Crippen LogP contribution in [0, 0.1) is 18.3 Å². The number of nitriles is 1. The number of para-hydroxylation sites is 1. The fraction of sp³-hybridized carbons (Fsp3) is 0.167. The molecule has 3 nitrogen and oxygen atoms in total. The minimum Gasteiger partial charge on any atom is -0.383 e. The van der Waals surface area contributed by atoms with Gasteiger partial charge in [-0.1, -0.05) is 24.3 Å². The predicted molar refractivity (Wildman–Crippen MR) is 86.3 cm³/mol. The molecule has 2 aromatic carbocycles. The third kappa shape index (κ3) is 2.61. The minimum atomic E-state index is 0.734. The molecule has 21 heavy (non-hydrogen) atoms. The summed E-state index contributed by atoms with van der Waals surface area (Å²) in [6.45, 7) is 3.82. The molecular weight excluding hydrogens is 258 g/mol. The molecule has 0 amide bonds. The number of hydrogen-bond acceptors (Lipinski definition) is 2. The topological polar surface area (TPSA) is 40.8 Å². The van der Waals surface area contributed by atoms with Crippen molar-refractivity contribution in [2.24, 2.45) is 0 Å². The summed E-state index contributed by atoms with van der Waals surface area (Å²) in [4.78, 5) is 0. The van der Waals surface area contributed by atoms with Gasteiger partial charge in [0.25, 0.3) is 0 Å². The van der Waals surface area contributed by atoms with E-state index in [0.29, 0.717) is 0 Å². The summed E-state index contributed by atoms with van der Waals surface area (Å²) in [5.41, 5.74) is 4.27. The zero-order valence-corrected chi connectivity index (χ0v) is 12.0. The molecule has 0 saturated carbocycles. The van der Waals surface area contributed by atoms with Gasteiger partial charge in [-0.25, -0.2) is 0 Å². The van der Waals surface area contributed by atoms with Crippen LogP contribution in [0.15, 0.2) is 54.7 Å². The molecule has 1 aromatic heterocycles. The largest absolute Gasteiger partial charge is 0.383 e. The zero-order chi connectivity index (χ0) is 14.7. The number of fused-ring (bicyclic) bond motifs is 1. The molecule has 0 bridgehead atoms. The van der Waals surface area contributed by atoms with Gasteiger partial charge in [0, 0.05) is 35.9 Å². The molecule has 3 rings (SSSR count). The summed E-state index contributed by atoms with van der Waals surface area (Å²) in [5, 5.41) is 13.6. The number of aryl methyl sites for hydroxylation is 1. The summed E-state index contributed by atoms with van der Waals surface area (Å²) in [5.74, 6) is 0. The second-order valence-electron chi connectivity index (χ2n) is 5.10. The lowest BCUT2D eigenvalue weighted by atomic mass is 10.1. The molecule has 3 aromatic rings. The smallest absolute Gasteiger partial charge is 0.0998 e. The second-order valence-corrected chi connectivity index (χ2v) is 5.10. The number of hydrogen-bond donors (Lipinski definition) is 1. The van der Waals surface area contributed by atoms with E-state index >= 15 is 0 Å². The van der Waals surface area contributed by atoms with Gasteiger partial charge in [-0.2, -0.15) is 5.26 Å².